The SMILES string of the molecule is C=CCN(c1ccc(C(=O)O)nn1)C1CC1. The lowest BCUT2D eigenvalue weighted by Gasteiger charge is -2.20. The third kappa shape index (κ3) is 2.18. The molecular weight excluding hydrogens is 206 g/mol. The normalized spacial score (nSPS) is 14.5. The molecule has 0 unspecified atom stereocenters. The van der Waals surface area contributed by atoms with Gasteiger partial charge in [0.05, 0.1) is 0 Å². The van der Waals surface area contributed by atoms with Crippen LogP contribution in [-0.2, 0) is 0 Å². The number of hydrogen-bond donors (Lipinski definition) is 1. The molecule has 0 bridgehead atoms. The molecule has 0 spiro atoms. The minimum atomic E-state index is -1.05. The van der Waals surface area contributed by atoms with E-state index in [0.717, 1.165) is 12.8 Å². The molecular formula is C11H13N3O2. The summed E-state index contributed by atoms with van der Waals surface area (Å²) in [6.45, 7) is 4.41. The quantitative estimate of drug-likeness (QED) is 0.757. The van der Waals surface area contributed by atoms with Crippen molar-refractivity contribution in [1.82, 2.24) is 10.2 Å². The largest absolute Gasteiger partial charge is 0.476 e. The Bertz CT molecular complexity index is 398. The monoisotopic (exact) mass is 219 g/mol. The molecule has 16 heavy (non-hydrogen) atoms. The molecule has 5 heteroatoms. The van der Waals surface area contributed by atoms with E-state index >= 15 is 0 Å². The number of carboxylic acid groups (broad SMARTS) is 1. The standard InChI is InChI=1S/C11H13N3O2/c1-2-7-14(8-3-4-8)10-6-5-9(11(15)16)12-13-10/h2,5-6,8H,1,3-4,7H2,(H,15,16). The van der Waals surface area contributed by atoms with Gasteiger partial charge in [-0.05, 0) is 25.0 Å². The molecule has 1 saturated carbocycles. The summed E-state index contributed by atoms with van der Waals surface area (Å²) in [5, 5.41) is 16.3. The molecule has 0 aromatic carbocycles. The number of anilines is 1. The lowest BCUT2D eigenvalue weighted by Crippen LogP contribution is -2.27. The van der Waals surface area contributed by atoms with Gasteiger partial charge in [-0.1, -0.05) is 6.08 Å². The molecule has 2 rings (SSSR count). The van der Waals surface area contributed by atoms with Crippen molar-refractivity contribution < 1.29 is 9.90 Å². The van der Waals surface area contributed by atoms with Crippen LogP contribution in [0.25, 0.3) is 0 Å². The van der Waals surface area contributed by atoms with Gasteiger partial charge in [0.25, 0.3) is 0 Å². The van der Waals surface area contributed by atoms with E-state index in [1.165, 1.54) is 6.07 Å². The van der Waals surface area contributed by atoms with Crippen LogP contribution in [0.2, 0.25) is 0 Å². The fraction of sp³-hybridized carbons (Fsp3) is 0.364. The first-order valence-corrected chi connectivity index (χ1v) is 5.17. The number of hydrogen-bond acceptors (Lipinski definition) is 4. The Balaban J connectivity index is 2.17. The minimum Gasteiger partial charge on any atom is -0.476 e. The van der Waals surface area contributed by atoms with Crippen molar-refractivity contribution in [2.45, 2.75) is 18.9 Å². The van der Waals surface area contributed by atoms with Gasteiger partial charge in [0.2, 0.25) is 0 Å². The maximum atomic E-state index is 10.6. The molecule has 1 aliphatic rings. The van der Waals surface area contributed by atoms with Gasteiger partial charge in [0.15, 0.2) is 11.5 Å². The third-order valence-electron chi connectivity index (χ3n) is 2.48. The van der Waals surface area contributed by atoms with Crippen molar-refractivity contribution in [2.24, 2.45) is 0 Å². The van der Waals surface area contributed by atoms with Crippen molar-refractivity contribution in [3.63, 3.8) is 0 Å². The summed E-state index contributed by atoms with van der Waals surface area (Å²) in [4.78, 5) is 12.7. The van der Waals surface area contributed by atoms with E-state index in [9.17, 15) is 4.79 Å². The van der Waals surface area contributed by atoms with Crippen LogP contribution >= 0.6 is 0 Å². The number of nitrogens with zero attached hydrogens (tertiary/aromatic N) is 3. The molecule has 0 atom stereocenters. The van der Waals surface area contributed by atoms with Crippen LogP contribution in [0.4, 0.5) is 5.82 Å². The van der Waals surface area contributed by atoms with E-state index in [0.29, 0.717) is 18.4 Å². The van der Waals surface area contributed by atoms with Gasteiger partial charge in [0, 0.05) is 12.6 Å². The highest BCUT2D eigenvalue weighted by Gasteiger charge is 2.29. The first-order chi connectivity index (χ1) is 7.72. The van der Waals surface area contributed by atoms with Gasteiger partial charge in [-0.2, -0.15) is 0 Å². The number of rotatable bonds is 5. The average molecular weight is 219 g/mol. The van der Waals surface area contributed by atoms with E-state index in [2.05, 4.69) is 21.7 Å². The molecule has 5 nitrogen and oxygen atoms in total. The zero-order chi connectivity index (χ0) is 11.5. The Hall–Kier alpha value is -1.91. The average Bonchev–Trinajstić information content (AvgIpc) is 3.10. The van der Waals surface area contributed by atoms with Crippen molar-refractivity contribution in [3.05, 3.63) is 30.5 Å². The van der Waals surface area contributed by atoms with Crippen molar-refractivity contribution in [1.29, 1.82) is 0 Å². The minimum absolute atomic E-state index is 0.0295. The van der Waals surface area contributed by atoms with Gasteiger partial charge in [-0.25, -0.2) is 4.79 Å². The summed E-state index contributed by atoms with van der Waals surface area (Å²) < 4.78 is 0. The van der Waals surface area contributed by atoms with E-state index < -0.39 is 5.97 Å². The Kier molecular flexibility index (Phi) is 2.85. The first-order valence-electron chi connectivity index (χ1n) is 5.17. The Labute approximate surface area is 93.4 Å². The Morgan fingerprint density at radius 3 is 2.75 bits per heavy atom. The van der Waals surface area contributed by atoms with Crippen LogP contribution in [-0.4, -0.2) is 33.9 Å². The zero-order valence-corrected chi connectivity index (χ0v) is 8.83. The molecule has 1 aromatic rings. The van der Waals surface area contributed by atoms with Crippen LogP contribution in [0, 0.1) is 0 Å². The van der Waals surface area contributed by atoms with E-state index in [1.807, 2.05) is 6.08 Å². The smallest absolute Gasteiger partial charge is 0.356 e. The van der Waals surface area contributed by atoms with Gasteiger partial charge in [-0.15, -0.1) is 16.8 Å². The predicted octanol–water partition coefficient (Wildman–Crippen LogP) is 1.33. The van der Waals surface area contributed by atoms with Crippen molar-refractivity contribution in [2.75, 3.05) is 11.4 Å². The second kappa shape index (κ2) is 4.30. The molecule has 0 aliphatic heterocycles. The molecule has 0 saturated heterocycles. The van der Waals surface area contributed by atoms with Crippen LogP contribution < -0.4 is 4.90 Å². The van der Waals surface area contributed by atoms with Gasteiger partial charge >= 0.3 is 5.97 Å². The molecule has 1 aliphatic carbocycles. The number of aromatic carboxylic acids is 1. The third-order valence-corrected chi connectivity index (χ3v) is 2.48. The predicted molar refractivity (Wildman–Crippen MR) is 59.6 cm³/mol. The lowest BCUT2D eigenvalue weighted by atomic mass is 10.3. The number of carboxylic acids is 1. The molecule has 0 amide bonds. The summed E-state index contributed by atoms with van der Waals surface area (Å²) in [6.07, 6.45) is 4.11. The zero-order valence-electron chi connectivity index (χ0n) is 8.83. The Morgan fingerprint density at radius 1 is 1.56 bits per heavy atom. The second-order valence-corrected chi connectivity index (χ2v) is 3.75. The van der Waals surface area contributed by atoms with E-state index in [-0.39, 0.29) is 5.69 Å². The second-order valence-electron chi connectivity index (χ2n) is 3.75. The molecule has 1 fully saturated rings. The lowest BCUT2D eigenvalue weighted by molar-refractivity contribution is 0.0689. The highest BCUT2D eigenvalue weighted by molar-refractivity contribution is 5.85. The summed E-state index contributed by atoms with van der Waals surface area (Å²) in [5.41, 5.74) is -0.0295. The van der Waals surface area contributed by atoms with E-state index in [4.69, 9.17) is 5.11 Å². The molecule has 84 valence electrons. The summed E-state index contributed by atoms with van der Waals surface area (Å²) in [6, 6.07) is 3.67. The molecule has 1 N–H and O–H groups in total. The maximum Gasteiger partial charge on any atom is 0.356 e. The number of carbonyl (C=O) groups is 1. The van der Waals surface area contributed by atoms with Gasteiger partial charge in [0.1, 0.15) is 0 Å². The Morgan fingerprint density at radius 2 is 2.31 bits per heavy atom. The van der Waals surface area contributed by atoms with Crippen molar-refractivity contribution in [3.8, 4) is 0 Å². The van der Waals surface area contributed by atoms with Crippen LogP contribution in [0.3, 0.4) is 0 Å². The van der Waals surface area contributed by atoms with Gasteiger partial charge < -0.3 is 10.0 Å². The van der Waals surface area contributed by atoms with Gasteiger partial charge in [-0.3, -0.25) is 0 Å². The van der Waals surface area contributed by atoms with E-state index in [1.54, 1.807) is 6.07 Å². The molecule has 1 heterocycles. The first kappa shape index (κ1) is 10.6. The fourth-order valence-corrected chi connectivity index (χ4v) is 1.55. The summed E-state index contributed by atoms with van der Waals surface area (Å²) in [5.74, 6) is -0.340. The molecule has 0 radical (unpaired) electrons. The van der Waals surface area contributed by atoms with Crippen molar-refractivity contribution >= 4 is 11.8 Å². The highest BCUT2D eigenvalue weighted by Crippen LogP contribution is 2.29. The van der Waals surface area contributed by atoms with Crippen LogP contribution in [0.15, 0.2) is 24.8 Å². The topological polar surface area (TPSA) is 66.3 Å². The maximum absolute atomic E-state index is 10.6. The highest BCUT2D eigenvalue weighted by atomic mass is 16.4. The molecule has 1 aromatic heterocycles. The van der Waals surface area contributed by atoms with Crippen LogP contribution in [0.1, 0.15) is 23.3 Å². The summed E-state index contributed by atoms with van der Waals surface area (Å²) in [7, 11) is 0. The van der Waals surface area contributed by atoms with Crippen LogP contribution in [0.5, 0.6) is 0 Å². The summed E-state index contributed by atoms with van der Waals surface area (Å²) >= 11 is 0. The fourth-order valence-electron chi connectivity index (χ4n) is 1.55. The number of aromatic nitrogens is 2.